The molecule has 2 atom stereocenters. The van der Waals surface area contributed by atoms with Gasteiger partial charge in [-0.05, 0) is 51.8 Å². The summed E-state index contributed by atoms with van der Waals surface area (Å²) >= 11 is 0. The van der Waals surface area contributed by atoms with Crippen LogP contribution in [0.25, 0.3) is 32.3 Å². The Morgan fingerprint density at radius 3 is 1.72 bits per heavy atom. The van der Waals surface area contributed by atoms with Crippen molar-refractivity contribution in [2.75, 3.05) is 0 Å². The molecule has 36 heavy (non-hydrogen) atoms. The lowest BCUT2D eigenvalue weighted by molar-refractivity contribution is -0.141. The van der Waals surface area contributed by atoms with E-state index in [2.05, 4.69) is 75.4 Å². The number of ether oxygens (including phenoxy) is 1. The van der Waals surface area contributed by atoms with E-state index >= 15 is 0 Å². The molecule has 0 bridgehead atoms. The quantitative estimate of drug-likeness (QED) is 0.0820. The van der Waals surface area contributed by atoms with Gasteiger partial charge < -0.3 is 4.74 Å². The summed E-state index contributed by atoms with van der Waals surface area (Å²) in [6, 6.07) is 23.2. The van der Waals surface area contributed by atoms with E-state index in [-0.39, 0.29) is 11.9 Å². The highest BCUT2D eigenvalue weighted by molar-refractivity contribution is 6.26. The molecule has 2 nitrogen and oxygen atoms in total. The molecule has 0 saturated carbocycles. The molecule has 4 rings (SSSR count). The Balaban J connectivity index is 1.67. The van der Waals surface area contributed by atoms with E-state index in [1.54, 1.807) is 0 Å². The Kier molecular flexibility index (Phi) is 9.39. The molecular weight excluding hydrogens is 440 g/mol. The number of carbonyl (C=O) groups excluding carboxylic acids is 1. The van der Waals surface area contributed by atoms with E-state index in [1.165, 1.54) is 61.1 Å². The minimum absolute atomic E-state index is 0.0505. The van der Waals surface area contributed by atoms with E-state index < -0.39 is 0 Å². The van der Waals surface area contributed by atoms with Gasteiger partial charge >= 0.3 is 5.97 Å². The molecule has 0 aliphatic heterocycles. The van der Waals surface area contributed by atoms with Crippen LogP contribution in [0.15, 0.2) is 66.7 Å². The maximum Gasteiger partial charge on any atom is 0.314 e. The molecule has 0 fully saturated rings. The Labute approximate surface area is 217 Å². The monoisotopic (exact) mass is 482 g/mol. The van der Waals surface area contributed by atoms with Crippen molar-refractivity contribution >= 4 is 38.3 Å². The highest BCUT2D eigenvalue weighted by Crippen LogP contribution is 2.40. The first-order chi connectivity index (χ1) is 17.7. The van der Waals surface area contributed by atoms with E-state index in [0.717, 1.165) is 35.4 Å². The van der Waals surface area contributed by atoms with Gasteiger partial charge in [0.15, 0.2) is 0 Å². The molecule has 4 aromatic carbocycles. The normalized spacial score (nSPS) is 13.3. The second kappa shape index (κ2) is 12.9. The second-order valence-corrected chi connectivity index (χ2v) is 10.5. The molecule has 0 aromatic heterocycles. The van der Waals surface area contributed by atoms with Crippen molar-refractivity contribution in [2.45, 2.75) is 85.0 Å². The third kappa shape index (κ3) is 5.91. The number of carbonyl (C=O) groups is 1. The molecule has 0 spiro atoms. The first-order valence-corrected chi connectivity index (χ1v) is 14.2. The van der Waals surface area contributed by atoms with Crippen LogP contribution in [0.4, 0.5) is 0 Å². The van der Waals surface area contributed by atoms with Crippen LogP contribution in [0.2, 0.25) is 0 Å². The maximum atomic E-state index is 13.7. The largest absolute Gasteiger partial charge is 0.426 e. The summed E-state index contributed by atoms with van der Waals surface area (Å²) in [6.07, 6.45) is 11.7. The molecule has 0 aliphatic carbocycles. The molecule has 0 amide bonds. The Morgan fingerprint density at radius 1 is 0.639 bits per heavy atom. The Morgan fingerprint density at radius 2 is 1.14 bits per heavy atom. The van der Waals surface area contributed by atoms with Crippen LogP contribution in [0.1, 0.15) is 85.0 Å². The predicted octanol–water partition coefficient (Wildman–Crippen LogP) is 10.2. The molecule has 0 aliphatic rings. The molecule has 4 aromatic rings. The van der Waals surface area contributed by atoms with E-state index in [1.807, 2.05) is 12.1 Å². The van der Waals surface area contributed by atoms with E-state index in [9.17, 15) is 4.79 Å². The third-order valence-electron chi connectivity index (χ3n) is 7.81. The van der Waals surface area contributed by atoms with Crippen LogP contribution < -0.4 is 4.74 Å². The number of benzene rings is 4. The summed E-state index contributed by atoms with van der Waals surface area (Å²) in [5.41, 5.74) is 0. The number of hydrogen-bond donors (Lipinski definition) is 0. The van der Waals surface area contributed by atoms with Crippen LogP contribution in [0.3, 0.4) is 0 Å². The summed E-state index contributed by atoms with van der Waals surface area (Å²) in [6.45, 7) is 6.73. The Bertz CT molecular complexity index is 1240. The van der Waals surface area contributed by atoms with Crippen molar-refractivity contribution in [1.29, 1.82) is 0 Å². The molecule has 0 radical (unpaired) electrons. The van der Waals surface area contributed by atoms with Crippen molar-refractivity contribution in [2.24, 2.45) is 11.8 Å². The van der Waals surface area contributed by atoms with Gasteiger partial charge in [-0.2, -0.15) is 0 Å². The van der Waals surface area contributed by atoms with Crippen molar-refractivity contribution in [3.63, 3.8) is 0 Å². The van der Waals surface area contributed by atoms with Gasteiger partial charge in [0.25, 0.3) is 0 Å². The number of rotatable bonds is 13. The first kappa shape index (κ1) is 26.2. The maximum absolute atomic E-state index is 13.7. The molecule has 0 unspecified atom stereocenters. The fourth-order valence-corrected chi connectivity index (χ4v) is 5.71. The molecule has 0 N–H and O–H groups in total. The fourth-order valence-electron chi connectivity index (χ4n) is 5.71. The number of esters is 1. The number of unbranched alkanes of at least 4 members (excludes halogenated alkanes) is 6. The van der Waals surface area contributed by atoms with Gasteiger partial charge in [-0.25, -0.2) is 0 Å². The topological polar surface area (TPSA) is 26.3 Å². The minimum atomic E-state index is -0.0563. The van der Waals surface area contributed by atoms with Crippen molar-refractivity contribution in [3.8, 4) is 5.75 Å². The van der Waals surface area contributed by atoms with Gasteiger partial charge in [0.1, 0.15) is 5.75 Å². The fraction of sp³-hybridized carbons (Fsp3) is 0.441. The zero-order chi connectivity index (χ0) is 25.3. The van der Waals surface area contributed by atoms with Crippen LogP contribution in [-0.4, -0.2) is 5.97 Å². The SMILES string of the molecule is CCCCCC[C@H](C(=O)Oc1cccc2c3ccccc3c3ccccc3c12)[C@@H](C)CCCCCC. The van der Waals surface area contributed by atoms with Gasteiger partial charge in [0, 0.05) is 5.39 Å². The zero-order valence-corrected chi connectivity index (χ0v) is 22.4. The van der Waals surface area contributed by atoms with Crippen molar-refractivity contribution < 1.29 is 9.53 Å². The van der Waals surface area contributed by atoms with Gasteiger partial charge in [0.2, 0.25) is 0 Å². The lowest BCUT2D eigenvalue weighted by atomic mass is 9.85. The summed E-state index contributed by atoms with van der Waals surface area (Å²) < 4.78 is 6.31. The number of hydrogen-bond acceptors (Lipinski definition) is 2. The van der Waals surface area contributed by atoms with Gasteiger partial charge in [-0.1, -0.05) is 133 Å². The summed E-state index contributed by atoms with van der Waals surface area (Å²) in [5.74, 6) is 0.921. The van der Waals surface area contributed by atoms with E-state index in [0.29, 0.717) is 11.7 Å². The van der Waals surface area contributed by atoms with Gasteiger partial charge in [0.05, 0.1) is 5.92 Å². The molecule has 190 valence electrons. The molecule has 0 heterocycles. The van der Waals surface area contributed by atoms with Crippen LogP contribution >= 0.6 is 0 Å². The zero-order valence-electron chi connectivity index (χ0n) is 22.4. The number of fused-ring (bicyclic) bond motifs is 6. The predicted molar refractivity (Wildman–Crippen MR) is 155 cm³/mol. The minimum Gasteiger partial charge on any atom is -0.426 e. The second-order valence-electron chi connectivity index (χ2n) is 10.5. The summed E-state index contributed by atoms with van der Waals surface area (Å²) in [7, 11) is 0. The highest BCUT2D eigenvalue weighted by atomic mass is 16.5. The average Bonchev–Trinajstić information content (AvgIpc) is 2.91. The van der Waals surface area contributed by atoms with Crippen LogP contribution in [0, 0.1) is 11.8 Å². The molecular formula is C34H42O2. The molecule has 0 saturated heterocycles. The average molecular weight is 483 g/mol. The van der Waals surface area contributed by atoms with E-state index in [4.69, 9.17) is 4.74 Å². The van der Waals surface area contributed by atoms with Crippen molar-refractivity contribution in [3.05, 3.63) is 66.7 Å². The lowest BCUT2D eigenvalue weighted by Gasteiger charge is -2.23. The lowest BCUT2D eigenvalue weighted by Crippen LogP contribution is -2.27. The smallest absolute Gasteiger partial charge is 0.314 e. The van der Waals surface area contributed by atoms with Gasteiger partial charge in [-0.15, -0.1) is 0 Å². The van der Waals surface area contributed by atoms with Crippen molar-refractivity contribution in [1.82, 2.24) is 0 Å². The highest BCUT2D eigenvalue weighted by Gasteiger charge is 2.27. The summed E-state index contributed by atoms with van der Waals surface area (Å²) in [4.78, 5) is 13.7. The van der Waals surface area contributed by atoms with Crippen LogP contribution in [0.5, 0.6) is 5.75 Å². The summed E-state index contributed by atoms with van der Waals surface area (Å²) in [5, 5.41) is 6.96. The van der Waals surface area contributed by atoms with Crippen LogP contribution in [-0.2, 0) is 4.79 Å². The molecule has 2 heteroatoms. The third-order valence-corrected chi connectivity index (χ3v) is 7.81. The standard InChI is InChI=1S/C34H42O2/c1-4-6-8-10-17-25(3)26(18-11-9-7-5-2)34(35)36-32-24-16-23-31-29-20-13-12-19-27(29)28-21-14-15-22-30(28)33(31)32/h12-16,19-26H,4-11,17-18H2,1-3H3/t25-,26-/m0/s1. The van der Waals surface area contributed by atoms with Gasteiger partial charge in [-0.3, -0.25) is 4.79 Å². The first-order valence-electron chi connectivity index (χ1n) is 14.2. The Hall–Kier alpha value is -2.87.